The van der Waals surface area contributed by atoms with E-state index in [9.17, 15) is 4.79 Å². The molecular weight excluding hydrogens is 206 g/mol. The summed E-state index contributed by atoms with van der Waals surface area (Å²) in [4.78, 5) is 15.9. The first-order chi connectivity index (χ1) is 7.66. The third kappa shape index (κ3) is 2.37. The van der Waals surface area contributed by atoms with Crippen molar-refractivity contribution in [3.05, 3.63) is 24.0 Å². The van der Waals surface area contributed by atoms with Crippen LogP contribution in [-0.2, 0) is 9.53 Å². The lowest BCUT2D eigenvalue weighted by Gasteiger charge is -2.13. The maximum absolute atomic E-state index is 11.8. The molecule has 5 heteroatoms. The van der Waals surface area contributed by atoms with Gasteiger partial charge in [0.15, 0.2) is 0 Å². The van der Waals surface area contributed by atoms with E-state index in [0.29, 0.717) is 18.9 Å². The number of hydrogen-bond donors (Lipinski definition) is 2. The average molecular weight is 221 g/mol. The van der Waals surface area contributed by atoms with Gasteiger partial charge in [-0.3, -0.25) is 9.78 Å². The molecule has 1 aromatic heterocycles. The molecule has 0 aliphatic carbocycles. The molecule has 2 rings (SSSR count). The van der Waals surface area contributed by atoms with Crippen LogP contribution in [0.1, 0.15) is 5.69 Å². The molecule has 0 radical (unpaired) electrons. The number of amides is 1. The quantitative estimate of drug-likeness (QED) is 0.753. The number of carbonyl (C=O) groups is 1. The number of carbonyl (C=O) groups excluding carboxylic acids is 1. The van der Waals surface area contributed by atoms with Crippen LogP contribution in [0.4, 0.5) is 5.69 Å². The maximum Gasteiger partial charge on any atom is 0.231 e. The first-order valence-corrected chi connectivity index (χ1v) is 5.23. The highest BCUT2D eigenvalue weighted by Crippen LogP contribution is 2.14. The molecule has 0 saturated carbocycles. The second-order valence-electron chi connectivity index (χ2n) is 3.99. The molecule has 1 aliphatic heterocycles. The first kappa shape index (κ1) is 11.0. The molecule has 0 spiro atoms. The van der Waals surface area contributed by atoms with Gasteiger partial charge in [0, 0.05) is 11.7 Å². The van der Waals surface area contributed by atoms with Gasteiger partial charge in [-0.15, -0.1) is 0 Å². The SMILES string of the molecule is Cc1ccc(NC(=O)C2COCC2N)cn1. The number of hydrogen-bond acceptors (Lipinski definition) is 4. The molecule has 16 heavy (non-hydrogen) atoms. The summed E-state index contributed by atoms with van der Waals surface area (Å²) in [5, 5.41) is 2.78. The van der Waals surface area contributed by atoms with Crippen LogP contribution in [0.5, 0.6) is 0 Å². The van der Waals surface area contributed by atoms with E-state index in [0.717, 1.165) is 5.69 Å². The Kier molecular flexibility index (Phi) is 3.17. The summed E-state index contributed by atoms with van der Waals surface area (Å²) in [5.74, 6) is -0.364. The zero-order chi connectivity index (χ0) is 11.5. The number of anilines is 1. The van der Waals surface area contributed by atoms with Crippen molar-refractivity contribution in [3.63, 3.8) is 0 Å². The Morgan fingerprint density at radius 3 is 2.94 bits per heavy atom. The lowest BCUT2D eigenvalue weighted by molar-refractivity contribution is -0.120. The van der Waals surface area contributed by atoms with Crippen LogP contribution in [0.15, 0.2) is 18.3 Å². The number of nitrogens with one attached hydrogen (secondary N) is 1. The molecule has 1 aliphatic rings. The van der Waals surface area contributed by atoms with E-state index in [4.69, 9.17) is 10.5 Å². The van der Waals surface area contributed by atoms with Gasteiger partial charge in [0.2, 0.25) is 5.91 Å². The standard InChI is InChI=1S/C11H15N3O2/c1-7-2-3-8(4-13-7)14-11(15)9-5-16-6-10(9)12/h2-4,9-10H,5-6,12H2,1H3,(H,14,15). The van der Waals surface area contributed by atoms with E-state index in [1.165, 1.54) is 0 Å². The maximum atomic E-state index is 11.8. The van der Waals surface area contributed by atoms with Crippen LogP contribution in [0.3, 0.4) is 0 Å². The molecule has 2 heterocycles. The van der Waals surface area contributed by atoms with Crippen molar-refractivity contribution in [2.24, 2.45) is 11.7 Å². The monoisotopic (exact) mass is 221 g/mol. The summed E-state index contributed by atoms with van der Waals surface area (Å²) < 4.78 is 5.15. The van der Waals surface area contributed by atoms with E-state index >= 15 is 0 Å². The van der Waals surface area contributed by atoms with Crippen LogP contribution in [0, 0.1) is 12.8 Å². The number of aromatic nitrogens is 1. The van der Waals surface area contributed by atoms with Crippen LogP contribution in [-0.4, -0.2) is 30.1 Å². The molecule has 3 N–H and O–H groups in total. The molecule has 1 saturated heterocycles. The minimum atomic E-state index is -0.263. The summed E-state index contributed by atoms with van der Waals surface area (Å²) in [6.07, 6.45) is 1.63. The molecule has 1 amide bonds. The molecule has 2 unspecified atom stereocenters. The normalized spacial score (nSPS) is 24.4. The lowest BCUT2D eigenvalue weighted by Crippen LogP contribution is -2.37. The van der Waals surface area contributed by atoms with Crippen LogP contribution in [0.25, 0.3) is 0 Å². The zero-order valence-corrected chi connectivity index (χ0v) is 9.14. The Labute approximate surface area is 94.0 Å². The van der Waals surface area contributed by atoms with Gasteiger partial charge in [0.1, 0.15) is 0 Å². The van der Waals surface area contributed by atoms with Crippen molar-refractivity contribution in [3.8, 4) is 0 Å². The summed E-state index contributed by atoms with van der Waals surface area (Å²) >= 11 is 0. The van der Waals surface area contributed by atoms with Gasteiger partial charge < -0.3 is 15.8 Å². The van der Waals surface area contributed by atoms with E-state index in [-0.39, 0.29) is 17.9 Å². The molecule has 0 bridgehead atoms. The van der Waals surface area contributed by atoms with Crippen molar-refractivity contribution in [2.75, 3.05) is 18.5 Å². The Morgan fingerprint density at radius 1 is 1.56 bits per heavy atom. The molecule has 86 valence electrons. The highest BCUT2D eigenvalue weighted by atomic mass is 16.5. The van der Waals surface area contributed by atoms with Gasteiger partial charge in [-0.25, -0.2) is 0 Å². The van der Waals surface area contributed by atoms with E-state index < -0.39 is 0 Å². The van der Waals surface area contributed by atoms with Gasteiger partial charge in [0.25, 0.3) is 0 Å². The largest absolute Gasteiger partial charge is 0.379 e. The van der Waals surface area contributed by atoms with Crippen molar-refractivity contribution in [2.45, 2.75) is 13.0 Å². The number of ether oxygens (including phenoxy) is 1. The molecule has 0 aromatic carbocycles. The van der Waals surface area contributed by atoms with Gasteiger partial charge >= 0.3 is 0 Å². The number of aryl methyl sites for hydroxylation is 1. The van der Waals surface area contributed by atoms with E-state index in [2.05, 4.69) is 10.3 Å². The Bertz CT molecular complexity index is 377. The molecule has 1 aromatic rings. The predicted octanol–water partition coefficient (Wildman–Crippen LogP) is 0.302. The minimum Gasteiger partial charge on any atom is -0.379 e. The minimum absolute atomic E-state index is 0.101. The van der Waals surface area contributed by atoms with E-state index in [1.54, 1.807) is 6.20 Å². The van der Waals surface area contributed by atoms with Crippen molar-refractivity contribution in [1.29, 1.82) is 0 Å². The fourth-order valence-electron chi connectivity index (χ4n) is 1.62. The molecular formula is C11H15N3O2. The van der Waals surface area contributed by atoms with Crippen molar-refractivity contribution < 1.29 is 9.53 Å². The molecule has 5 nitrogen and oxygen atoms in total. The van der Waals surface area contributed by atoms with Gasteiger partial charge in [-0.2, -0.15) is 0 Å². The summed E-state index contributed by atoms with van der Waals surface area (Å²) in [7, 11) is 0. The molecule has 2 atom stereocenters. The van der Waals surface area contributed by atoms with Crippen LogP contribution in [0.2, 0.25) is 0 Å². The lowest BCUT2D eigenvalue weighted by atomic mass is 10.0. The zero-order valence-electron chi connectivity index (χ0n) is 9.14. The number of nitrogens with two attached hydrogens (primary N) is 1. The molecule has 1 fully saturated rings. The summed E-state index contributed by atoms with van der Waals surface area (Å²) in [5.41, 5.74) is 7.36. The Balaban J connectivity index is 1.99. The van der Waals surface area contributed by atoms with Crippen molar-refractivity contribution >= 4 is 11.6 Å². The van der Waals surface area contributed by atoms with E-state index in [1.807, 2.05) is 19.1 Å². The van der Waals surface area contributed by atoms with Gasteiger partial charge in [-0.05, 0) is 19.1 Å². The Hall–Kier alpha value is -1.46. The summed E-state index contributed by atoms with van der Waals surface area (Å²) in [6, 6.07) is 3.46. The topological polar surface area (TPSA) is 77.2 Å². The van der Waals surface area contributed by atoms with Gasteiger partial charge in [0.05, 0.1) is 31.0 Å². The fraction of sp³-hybridized carbons (Fsp3) is 0.455. The highest BCUT2D eigenvalue weighted by molar-refractivity contribution is 5.93. The average Bonchev–Trinajstić information content (AvgIpc) is 2.68. The number of pyridine rings is 1. The van der Waals surface area contributed by atoms with Crippen LogP contribution < -0.4 is 11.1 Å². The second kappa shape index (κ2) is 4.59. The third-order valence-electron chi connectivity index (χ3n) is 2.64. The number of rotatable bonds is 2. The summed E-state index contributed by atoms with van der Waals surface area (Å²) in [6.45, 7) is 2.74. The smallest absolute Gasteiger partial charge is 0.231 e. The Morgan fingerprint density at radius 2 is 2.38 bits per heavy atom. The third-order valence-corrected chi connectivity index (χ3v) is 2.64. The number of nitrogens with zero attached hydrogens (tertiary/aromatic N) is 1. The predicted molar refractivity (Wildman–Crippen MR) is 59.9 cm³/mol. The second-order valence-corrected chi connectivity index (χ2v) is 3.99. The van der Waals surface area contributed by atoms with Crippen LogP contribution >= 0.6 is 0 Å². The van der Waals surface area contributed by atoms with Gasteiger partial charge in [-0.1, -0.05) is 0 Å². The van der Waals surface area contributed by atoms with Crippen molar-refractivity contribution in [1.82, 2.24) is 4.98 Å². The fourth-order valence-corrected chi connectivity index (χ4v) is 1.62. The first-order valence-electron chi connectivity index (χ1n) is 5.23. The highest BCUT2D eigenvalue weighted by Gasteiger charge is 2.31.